The van der Waals surface area contributed by atoms with Gasteiger partial charge in [-0.3, -0.25) is 39.1 Å². The molecule has 0 aromatic heterocycles. The van der Waals surface area contributed by atoms with E-state index in [1.807, 2.05) is 42.5 Å². The van der Waals surface area contributed by atoms with Gasteiger partial charge in [0.1, 0.15) is 17.9 Å². The molecule has 2 saturated heterocycles. The first-order chi connectivity index (χ1) is 26.6. The predicted molar refractivity (Wildman–Crippen MR) is 204 cm³/mol. The number of halogens is 1. The van der Waals surface area contributed by atoms with Crippen LogP contribution in [0.3, 0.4) is 0 Å². The summed E-state index contributed by atoms with van der Waals surface area (Å²) in [5.74, 6) is -0.789. The van der Waals surface area contributed by atoms with Crippen LogP contribution < -0.4 is 15.5 Å². The number of nitrogens with one attached hydrogen (secondary N) is 2. The molecule has 284 valence electrons. The summed E-state index contributed by atoms with van der Waals surface area (Å²) in [7, 11) is 0. The fourth-order valence-corrected chi connectivity index (χ4v) is 8.98. The number of hydrogen-bond donors (Lipinski definition) is 2. The summed E-state index contributed by atoms with van der Waals surface area (Å²) in [4.78, 5) is 69.5. The lowest BCUT2D eigenvalue weighted by Gasteiger charge is -2.35. The van der Waals surface area contributed by atoms with E-state index in [0.29, 0.717) is 58.5 Å². The fourth-order valence-electron chi connectivity index (χ4n) is 8.75. The number of allylic oxidation sites excluding steroid dienone is 5. The van der Waals surface area contributed by atoms with Crippen LogP contribution in [-0.4, -0.2) is 77.2 Å². The van der Waals surface area contributed by atoms with Crippen LogP contribution >= 0.6 is 11.6 Å². The van der Waals surface area contributed by atoms with Gasteiger partial charge < -0.3 is 15.0 Å². The van der Waals surface area contributed by atoms with Crippen LogP contribution in [0, 0.1) is 17.2 Å². The van der Waals surface area contributed by atoms with Crippen molar-refractivity contribution in [1.29, 1.82) is 5.26 Å². The van der Waals surface area contributed by atoms with Gasteiger partial charge in [-0.2, -0.15) is 5.26 Å². The van der Waals surface area contributed by atoms with Crippen molar-refractivity contribution in [3.05, 3.63) is 98.8 Å². The average Bonchev–Trinajstić information content (AvgIpc) is 3.61. The van der Waals surface area contributed by atoms with Crippen LogP contribution in [0.15, 0.2) is 71.0 Å². The van der Waals surface area contributed by atoms with Gasteiger partial charge in [0.25, 0.3) is 17.7 Å². The number of fused-ring (bicyclic) bond motifs is 2. The van der Waals surface area contributed by atoms with Gasteiger partial charge >= 0.3 is 0 Å². The summed E-state index contributed by atoms with van der Waals surface area (Å²) in [5, 5.41) is 15.1. The van der Waals surface area contributed by atoms with Gasteiger partial charge in [-0.15, -0.1) is 0 Å². The van der Waals surface area contributed by atoms with Crippen LogP contribution in [0.25, 0.3) is 0 Å². The van der Waals surface area contributed by atoms with Crippen LogP contribution in [-0.2, 0) is 27.4 Å². The van der Waals surface area contributed by atoms with E-state index in [1.54, 1.807) is 12.2 Å². The molecule has 12 nitrogen and oxygen atoms in total. The molecule has 8 rings (SSSR count). The molecule has 13 heteroatoms. The minimum absolute atomic E-state index is 0.0419. The molecule has 1 unspecified atom stereocenters. The third-order valence-corrected chi connectivity index (χ3v) is 12.1. The maximum absolute atomic E-state index is 13.3. The van der Waals surface area contributed by atoms with Gasteiger partial charge in [0, 0.05) is 56.4 Å². The molecule has 2 aromatic rings. The van der Waals surface area contributed by atoms with Gasteiger partial charge in [-0.1, -0.05) is 17.7 Å². The van der Waals surface area contributed by atoms with Gasteiger partial charge in [0.15, 0.2) is 0 Å². The highest BCUT2D eigenvalue weighted by molar-refractivity contribution is 6.32. The number of carbonyl (C=O) groups is 5. The molecule has 4 aliphatic heterocycles. The largest absolute Gasteiger partial charge is 0.491 e. The van der Waals surface area contributed by atoms with E-state index in [2.05, 4.69) is 26.5 Å². The Balaban J connectivity index is 0.775. The monoisotopic (exact) mass is 762 g/mol. The molecule has 0 spiro atoms. The van der Waals surface area contributed by atoms with Crippen LogP contribution in [0.1, 0.15) is 100.0 Å². The molecule has 2 N–H and O–H groups in total. The van der Waals surface area contributed by atoms with Crippen molar-refractivity contribution in [1.82, 2.24) is 20.4 Å². The Morgan fingerprint density at radius 1 is 0.909 bits per heavy atom. The number of nitrogens with zero attached hydrogens (tertiary/aromatic N) is 4. The van der Waals surface area contributed by atoms with Crippen LogP contribution in [0.2, 0.25) is 0 Å². The lowest BCUT2D eigenvalue weighted by molar-refractivity contribution is -0.136. The van der Waals surface area contributed by atoms with Crippen molar-refractivity contribution in [2.45, 2.75) is 89.1 Å². The Kier molecular flexibility index (Phi) is 10.3. The lowest BCUT2D eigenvalue weighted by atomic mass is 9.92. The Hall–Kier alpha value is -5.25. The second-order valence-electron chi connectivity index (χ2n) is 15.4. The van der Waals surface area contributed by atoms with E-state index in [0.717, 1.165) is 79.9 Å². The lowest BCUT2D eigenvalue weighted by Crippen LogP contribution is -2.54. The third kappa shape index (κ3) is 7.68. The van der Waals surface area contributed by atoms with Crippen molar-refractivity contribution in [2.75, 3.05) is 24.5 Å². The highest BCUT2D eigenvalue weighted by Crippen LogP contribution is 2.35. The third-order valence-electron chi connectivity index (χ3n) is 11.8. The van der Waals surface area contributed by atoms with Crippen molar-refractivity contribution in [3.63, 3.8) is 0 Å². The predicted octanol–water partition coefficient (Wildman–Crippen LogP) is 5.24. The number of carbonyl (C=O) groups excluding carboxylic acids is 5. The van der Waals surface area contributed by atoms with E-state index in [-0.39, 0.29) is 36.8 Å². The number of imide groups is 2. The second kappa shape index (κ2) is 15.5. The number of ether oxygens (including phenoxy) is 1. The molecule has 2 aliphatic carbocycles. The Bertz CT molecular complexity index is 2020. The van der Waals surface area contributed by atoms with Crippen molar-refractivity contribution in [2.24, 2.45) is 5.92 Å². The summed E-state index contributed by atoms with van der Waals surface area (Å²) in [6.07, 6.45) is 11.7. The number of amides is 5. The minimum atomic E-state index is -0.962. The smallest absolute Gasteiger partial charge is 0.262 e. The zero-order valence-electron chi connectivity index (χ0n) is 30.5. The maximum atomic E-state index is 13.3. The number of hydrogen-bond acceptors (Lipinski definition) is 9. The topological polar surface area (TPSA) is 152 Å². The zero-order valence-corrected chi connectivity index (χ0v) is 31.3. The number of nitriles is 1. The van der Waals surface area contributed by atoms with Crippen molar-refractivity contribution in [3.8, 4) is 6.07 Å². The normalized spacial score (nSPS) is 24.6. The Morgan fingerprint density at radius 2 is 1.58 bits per heavy atom. The first-order valence-electron chi connectivity index (χ1n) is 19.2. The summed E-state index contributed by atoms with van der Waals surface area (Å²) in [6.45, 7) is 4.18. The van der Waals surface area contributed by atoms with Crippen LogP contribution in [0.4, 0.5) is 5.69 Å². The first-order valence-corrected chi connectivity index (χ1v) is 19.6. The van der Waals surface area contributed by atoms with Crippen molar-refractivity contribution < 1.29 is 28.7 Å². The summed E-state index contributed by atoms with van der Waals surface area (Å²) < 4.78 is 6.18. The molecule has 3 fully saturated rings. The molecule has 1 atom stereocenters. The number of rotatable bonds is 8. The molecule has 6 aliphatic rings. The first kappa shape index (κ1) is 36.7. The fraction of sp³-hybridized carbons (Fsp3) is 0.429. The van der Waals surface area contributed by atoms with E-state index in [4.69, 9.17) is 16.3 Å². The molecule has 2 aromatic carbocycles. The van der Waals surface area contributed by atoms with E-state index in [9.17, 15) is 29.2 Å². The highest BCUT2D eigenvalue weighted by atomic mass is 35.5. The molecular weight excluding hydrogens is 720 g/mol. The maximum Gasteiger partial charge on any atom is 0.262 e. The summed E-state index contributed by atoms with van der Waals surface area (Å²) in [5.41, 5.74) is 4.96. The molecule has 55 heavy (non-hydrogen) atoms. The SMILES string of the molecule is N#CC1=CCC=C(OC2CCC(NC(=O)c3ccc(N4CCC(CN5Cc6cc7c(cc6C5)C(=O)N(C5CCC(=O)NC5=O)C7=O)CC4)cc3)CC2)C=C1Cl. The van der Waals surface area contributed by atoms with E-state index < -0.39 is 23.8 Å². The molecule has 4 heterocycles. The summed E-state index contributed by atoms with van der Waals surface area (Å²) in [6, 6.07) is 12.8. The van der Waals surface area contributed by atoms with Gasteiger partial charge in [-0.25, -0.2) is 0 Å². The number of piperidine rings is 2. The standard InChI is InChI=1S/C42H43ClN6O6/c43-36-20-33(3-1-2-27(36)21-44)55-32-10-6-30(7-11-32)45-39(51)26-4-8-31(9-5-26)48-16-14-25(15-17-48)22-47-23-28-18-34-35(19-29(28)24-47)42(54)49(41(34)53)37-12-13-38(50)46-40(37)52/h2-5,8-9,18-20,25,30,32,37H,1,6-7,10-17,22-24H2,(H,45,51)(H,46,50,52). The van der Waals surface area contributed by atoms with E-state index in [1.165, 1.54) is 0 Å². The zero-order chi connectivity index (χ0) is 38.2. The number of benzene rings is 2. The minimum Gasteiger partial charge on any atom is -0.491 e. The van der Waals surface area contributed by atoms with E-state index >= 15 is 0 Å². The Morgan fingerprint density at radius 3 is 2.22 bits per heavy atom. The quantitative estimate of drug-likeness (QED) is 0.344. The van der Waals surface area contributed by atoms with Crippen LogP contribution in [0.5, 0.6) is 0 Å². The van der Waals surface area contributed by atoms with Crippen molar-refractivity contribution >= 4 is 46.8 Å². The van der Waals surface area contributed by atoms with Gasteiger partial charge in [0.05, 0.1) is 27.8 Å². The Labute approximate surface area is 324 Å². The van der Waals surface area contributed by atoms with Gasteiger partial charge in [-0.05, 0) is 117 Å². The molecule has 0 bridgehead atoms. The molecule has 5 amide bonds. The average molecular weight is 763 g/mol. The molecule has 0 radical (unpaired) electrons. The molecular formula is C42H43ClN6O6. The molecule has 1 saturated carbocycles. The summed E-state index contributed by atoms with van der Waals surface area (Å²) >= 11 is 6.25. The van der Waals surface area contributed by atoms with Gasteiger partial charge in [0.2, 0.25) is 11.8 Å². The second-order valence-corrected chi connectivity index (χ2v) is 15.8. The highest BCUT2D eigenvalue weighted by Gasteiger charge is 2.45. The number of anilines is 1.